The van der Waals surface area contributed by atoms with E-state index in [2.05, 4.69) is 4.72 Å². The fourth-order valence-electron chi connectivity index (χ4n) is 1.69. The Bertz CT molecular complexity index is 600. The minimum Gasteiger partial charge on any atom is -0.396 e. The molecular formula is C12H16F4N2O2S. The molecule has 0 bridgehead atoms. The van der Waals surface area contributed by atoms with E-state index in [0.717, 1.165) is 12.1 Å². The van der Waals surface area contributed by atoms with Crippen molar-refractivity contribution in [2.75, 3.05) is 12.3 Å². The maximum atomic E-state index is 13.2. The first-order valence-corrected chi connectivity index (χ1v) is 7.63. The van der Waals surface area contributed by atoms with Gasteiger partial charge in [-0.05, 0) is 37.5 Å². The van der Waals surface area contributed by atoms with Crippen LogP contribution in [0.4, 0.5) is 23.2 Å². The van der Waals surface area contributed by atoms with E-state index >= 15 is 0 Å². The molecule has 0 aliphatic carbocycles. The molecule has 9 heteroatoms. The van der Waals surface area contributed by atoms with Gasteiger partial charge in [0.05, 0.1) is 10.6 Å². The van der Waals surface area contributed by atoms with Crippen molar-refractivity contribution in [1.82, 2.24) is 4.72 Å². The summed E-state index contributed by atoms with van der Waals surface area (Å²) in [6, 6.07) is 1.98. The Hall–Kier alpha value is -1.35. The van der Waals surface area contributed by atoms with Crippen LogP contribution in [-0.4, -0.2) is 21.1 Å². The summed E-state index contributed by atoms with van der Waals surface area (Å²) < 4.78 is 75.1. The van der Waals surface area contributed by atoms with E-state index in [4.69, 9.17) is 5.73 Å². The Kier molecular flexibility index (Phi) is 5.57. The maximum absolute atomic E-state index is 13.2. The molecule has 0 aliphatic heterocycles. The van der Waals surface area contributed by atoms with Crippen molar-refractivity contribution in [3.05, 3.63) is 23.5 Å². The Labute approximate surface area is 120 Å². The SMILES string of the molecule is Cc1cc(F)c(N)cc1S(=O)(=O)NCCCCC(F)(F)F. The predicted octanol–water partition coefficient (Wildman–Crippen LogP) is 2.73. The molecule has 0 spiro atoms. The van der Waals surface area contributed by atoms with Crippen molar-refractivity contribution in [3.63, 3.8) is 0 Å². The number of anilines is 1. The second-order valence-electron chi connectivity index (χ2n) is 4.61. The highest BCUT2D eigenvalue weighted by Gasteiger charge is 2.26. The number of hydrogen-bond acceptors (Lipinski definition) is 3. The first kappa shape index (κ1) is 17.7. The standard InChI is InChI=1S/C12H16F4N2O2S/c1-8-6-9(13)10(17)7-11(8)21(19,20)18-5-3-2-4-12(14,15)16/h6-7,18H,2-5,17H2,1H3. The number of hydrogen-bond donors (Lipinski definition) is 2. The number of aryl methyl sites for hydroxylation is 1. The zero-order chi connectivity index (χ0) is 16.3. The molecule has 0 heterocycles. The summed E-state index contributed by atoms with van der Waals surface area (Å²) in [4.78, 5) is -0.183. The molecule has 120 valence electrons. The van der Waals surface area contributed by atoms with E-state index in [1.54, 1.807) is 0 Å². The minimum atomic E-state index is -4.25. The van der Waals surface area contributed by atoms with Crippen molar-refractivity contribution in [3.8, 4) is 0 Å². The fraction of sp³-hybridized carbons (Fsp3) is 0.500. The summed E-state index contributed by atoms with van der Waals surface area (Å²) in [6.45, 7) is 1.27. The molecule has 1 aromatic rings. The third-order valence-electron chi connectivity index (χ3n) is 2.76. The first-order chi connectivity index (χ1) is 9.53. The number of nitrogen functional groups attached to an aromatic ring is 1. The minimum absolute atomic E-state index is 0.0501. The molecule has 0 atom stereocenters. The van der Waals surface area contributed by atoms with E-state index in [1.165, 1.54) is 6.92 Å². The molecule has 1 aromatic carbocycles. The molecule has 0 amide bonds. The average molecular weight is 328 g/mol. The number of halogens is 4. The van der Waals surface area contributed by atoms with Crippen molar-refractivity contribution in [2.24, 2.45) is 0 Å². The second-order valence-corrected chi connectivity index (χ2v) is 6.34. The van der Waals surface area contributed by atoms with Crippen LogP contribution < -0.4 is 10.5 Å². The highest BCUT2D eigenvalue weighted by atomic mass is 32.2. The fourth-order valence-corrected chi connectivity index (χ4v) is 3.03. The summed E-state index contributed by atoms with van der Waals surface area (Å²) in [5.74, 6) is -0.725. The van der Waals surface area contributed by atoms with Gasteiger partial charge in [-0.15, -0.1) is 0 Å². The quantitative estimate of drug-likeness (QED) is 0.479. The van der Waals surface area contributed by atoms with Gasteiger partial charge in [-0.25, -0.2) is 17.5 Å². The lowest BCUT2D eigenvalue weighted by Gasteiger charge is -2.11. The molecule has 21 heavy (non-hydrogen) atoms. The Morgan fingerprint density at radius 2 is 1.86 bits per heavy atom. The van der Waals surface area contributed by atoms with Gasteiger partial charge in [0.2, 0.25) is 10.0 Å². The van der Waals surface area contributed by atoms with Crippen LogP contribution in [0.5, 0.6) is 0 Å². The lowest BCUT2D eigenvalue weighted by molar-refractivity contribution is -0.135. The van der Waals surface area contributed by atoms with E-state index in [-0.39, 0.29) is 35.5 Å². The van der Waals surface area contributed by atoms with Gasteiger partial charge in [0.1, 0.15) is 5.82 Å². The summed E-state index contributed by atoms with van der Waals surface area (Å²) >= 11 is 0. The van der Waals surface area contributed by atoms with Gasteiger partial charge in [-0.3, -0.25) is 0 Å². The van der Waals surface area contributed by atoms with Crippen molar-refractivity contribution in [1.29, 1.82) is 0 Å². The highest BCUT2D eigenvalue weighted by molar-refractivity contribution is 7.89. The number of benzene rings is 1. The average Bonchev–Trinajstić information content (AvgIpc) is 2.31. The topological polar surface area (TPSA) is 72.2 Å². The van der Waals surface area contributed by atoms with Crippen LogP contribution in [0.15, 0.2) is 17.0 Å². The smallest absolute Gasteiger partial charge is 0.389 e. The van der Waals surface area contributed by atoms with Gasteiger partial charge >= 0.3 is 6.18 Å². The normalized spacial score (nSPS) is 12.6. The zero-order valence-corrected chi connectivity index (χ0v) is 12.1. The third-order valence-corrected chi connectivity index (χ3v) is 4.37. The monoisotopic (exact) mass is 328 g/mol. The lowest BCUT2D eigenvalue weighted by Crippen LogP contribution is -2.26. The van der Waals surface area contributed by atoms with Crippen LogP contribution in [0.1, 0.15) is 24.8 Å². The van der Waals surface area contributed by atoms with Gasteiger partial charge < -0.3 is 5.73 Å². The molecule has 0 radical (unpaired) electrons. The largest absolute Gasteiger partial charge is 0.396 e. The number of nitrogens with one attached hydrogen (secondary N) is 1. The molecule has 1 rings (SSSR count). The summed E-state index contributed by atoms with van der Waals surface area (Å²) in [6.07, 6.45) is -5.33. The molecule has 0 aromatic heterocycles. The van der Waals surface area contributed by atoms with Gasteiger partial charge in [0, 0.05) is 13.0 Å². The molecule has 0 fully saturated rings. The van der Waals surface area contributed by atoms with Gasteiger partial charge in [-0.2, -0.15) is 13.2 Å². The third kappa shape index (κ3) is 5.50. The summed E-state index contributed by atoms with van der Waals surface area (Å²) in [5, 5.41) is 0. The van der Waals surface area contributed by atoms with Gasteiger partial charge in [0.25, 0.3) is 0 Å². The Morgan fingerprint density at radius 3 is 2.43 bits per heavy atom. The van der Waals surface area contributed by atoms with Crippen LogP contribution in [0.3, 0.4) is 0 Å². The Morgan fingerprint density at radius 1 is 1.24 bits per heavy atom. The van der Waals surface area contributed by atoms with Crippen molar-refractivity contribution < 1.29 is 26.0 Å². The van der Waals surface area contributed by atoms with Crippen molar-refractivity contribution >= 4 is 15.7 Å². The number of rotatable bonds is 6. The van der Waals surface area contributed by atoms with Gasteiger partial charge in [-0.1, -0.05) is 0 Å². The zero-order valence-electron chi connectivity index (χ0n) is 11.3. The molecule has 3 N–H and O–H groups in total. The van der Waals surface area contributed by atoms with Crippen LogP contribution in [-0.2, 0) is 10.0 Å². The van der Waals surface area contributed by atoms with E-state index in [0.29, 0.717) is 0 Å². The van der Waals surface area contributed by atoms with E-state index < -0.39 is 28.4 Å². The molecular weight excluding hydrogens is 312 g/mol. The summed E-state index contributed by atoms with van der Waals surface area (Å²) in [5.41, 5.74) is 5.18. The number of nitrogens with two attached hydrogens (primary N) is 1. The van der Waals surface area contributed by atoms with Crippen LogP contribution in [0.2, 0.25) is 0 Å². The molecule has 0 unspecified atom stereocenters. The molecule has 0 saturated carbocycles. The number of unbranched alkanes of at least 4 members (excludes halogenated alkanes) is 1. The summed E-state index contributed by atoms with van der Waals surface area (Å²) in [7, 11) is -3.92. The van der Waals surface area contributed by atoms with Crippen molar-refractivity contribution in [2.45, 2.75) is 37.3 Å². The second kappa shape index (κ2) is 6.61. The van der Waals surface area contributed by atoms with Crippen LogP contribution >= 0.6 is 0 Å². The predicted molar refractivity (Wildman–Crippen MR) is 70.6 cm³/mol. The number of sulfonamides is 1. The molecule has 0 aliphatic rings. The molecule has 0 saturated heterocycles. The van der Waals surface area contributed by atoms with E-state index in [9.17, 15) is 26.0 Å². The number of alkyl halides is 3. The van der Waals surface area contributed by atoms with E-state index in [1.807, 2.05) is 0 Å². The van der Waals surface area contributed by atoms with Gasteiger partial charge in [0.15, 0.2) is 0 Å². The molecule has 4 nitrogen and oxygen atoms in total. The Balaban J connectivity index is 2.64. The van der Waals surface area contributed by atoms with Crippen LogP contribution in [0.25, 0.3) is 0 Å². The lowest BCUT2D eigenvalue weighted by atomic mass is 10.2. The first-order valence-electron chi connectivity index (χ1n) is 6.15. The van der Waals surface area contributed by atoms with Crippen LogP contribution in [0, 0.1) is 12.7 Å². The maximum Gasteiger partial charge on any atom is 0.389 e. The highest BCUT2D eigenvalue weighted by Crippen LogP contribution is 2.23.